The molecule has 106 valence electrons. The fraction of sp³-hybridized carbons (Fsp3) is 1.00. The van der Waals surface area contributed by atoms with Crippen molar-refractivity contribution in [1.29, 1.82) is 0 Å². The molecule has 1 aliphatic heterocycles. The Bertz CT molecular complexity index is 203. The van der Waals surface area contributed by atoms with Gasteiger partial charge in [0.1, 0.15) is 0 Å². The Balaban J connectivity index is 1.83. The van der Waals surface area contributed by atoms with Crippen molar-refractivity contribution in [2.75, 3.05) is 26.2 Å². The van der Waals surface area contributed by atoms with E-state index in [1.807, 2.05) is 0 Å². The molecule has 1 atom stereocenters. The van der Waals surface area contributed by atoms with E-state index < -0.39 is 0 Å². The third kappa shape index (κ3) is 4.55. The van der Waals surface area contributed by atoms with E-state index in [9.17, 15) is 0 Å². The number of hydrogen-bond donors (Lipinski definition) is 1. The summed E-state index contributed by atoms with van der Waals surface area (Å²) in [4.78, 5) is 2.81. The van der Waals surface area contributed by atoms with Gasteiger partial charge in [0.2, 0.25) is 0 Å². The fourth-order valence-electron chi connectivity index (χ4n) is 3.73. The molecule has 1 saturated carbocycles. The van der Waals surface area contributed by atoms with Gasteiger partial charge in [-0.25, -0.2) is 0 Å². The van der Waals surface area contributed by atoms with Crippen molar-refractivity contribution in [3.63, 3.8) is 0 Å². The molecule has 1 unspecified atom stereocenters. The van der Waals surface area contributed by atoms with Crippen molar-refractivity contribution >= 4 is 0 Å². The van der Waals surface area contributed by atoms with Crippen LogP contribution in [-0.2, 0) is 0 Å². The predicted octanol–water partition coefficient (Wildman–Crippen LogP) is 3.42. The first kappa shape index (κ1) is 14.3. The molecule has 2 nitrogen and oxygen atoms in total. The third-order valence-corrected chi connectivity index (χ3v) is 4.77. The van der Waals surface area contributed by atoms with Gasteiger partial charge in [-0.05, 0) is 51.1 Å². The summed E-state index contributed by atoms with van der Waals surface area (Å²) in [5, 5.41) is 3.58. The zero-order valence-electron chi connectivity index (χ0n) is 12.3. The topological polar surface area (TPSA) is 15.3 Å². The van der Waals surface area contributed by atoms with Crippen LogP contribution in [0.1, 0.15) is 64.7 Å². The van der Waals surface area contributed by atoms with E-state index in [0.717, 1.165) is 12.0 Å². The van der Waals surface area contributed by atoms with Crippen molar-refractivity contribution in [1.82, 2.24) is 10.2 Å². The van der Waals surface area contributed by atoms with E-state index in [2.05, 4.69) is 17.1 Å². The summed E-state index contributed by atoms with van der Waals surface area (Å²) in [7, 11) is 0. The Morgan fingerprint density at radius 3 is 2.39 bits per heavy atom. The van der Waals surface area contributed by atoms with Crippen LogP contribution in [0.15, 0.2) is 0 Å². The Labute approximate surface area is 114 Å². The maximum Gasteiger partial charge on any atom is 0.0221 e. The van der Waals surface area contributed by atoms with Gasteiger partial charge in [0.15, 0.2) is 0 Å². The van der Waals surface area contributed by atoms with E-state index in [-0.39, 0.29) is 0 Å². The van der Waals surface area contributed by atoms with Crippen LogP contribution in [0, 0.1) is 5.92 Å². The maximum absolute atomic E-state index is 3.58. The van der Waals surface area contributed by atoms with E-state index in [1.54, 1.807) is 0 Å². The van der Waals surface area contributed by atoms with Gasteiger partial charge in [-0.3, -0.25) is 4.90 Å². The standard InChI is InChI=1S/C16H32N2/c1-2-12-18(16-10-7-11-17-13-16)14-15-8-5-3-4-6-9-15/h15-17H,2-14H2,1H3. The van der Waals surface area contributed by atoms with Gasteiger partial charge in [-0.1, -0.05) is 32.6 Å². The van der Waals surface area contributed by atoms with Gasteiger partial charge in [0.05, 0.1) is 0 Å². The lowest BCUT2D eigenvalue weighted by atomic mass is 9.97. The predicted molar refractivity (Wildman–Crippen MR) is 78.9 cm³/mol. The first-order valence-corrected chi connectivity index (χ1v) is 8.35. The molecule has 1 N–H and O–H groups in total. The van der Waals surface area contributed by atoms with Crippen LogP contribution in [0.4, 0.5) is 0 Å². The molecule has 18 heavy (non-hydrogen) atoms. The number of piperidine rings is 1. The molecule has 0 aromatic heterocycles. The van der Waals surface area contributed by atoms with Gasteiger partial charge >= 0.3 is 0 Å². The number of rotatable bonds is 5. The number of hydrogen-bond acceptors (Lipinski definition) is 2. The summed E-state index contributed by atoms with van der Waals surface area (Å²) in [6.07, 6.45) is 13.0. The minimum absolute atomic E-state index is 0.821. The Morgan fingerprint density at radius 1 is 1.00 bits per heavy atom. The van der Waals surface area contributed by atoms with Crippen LogP contribution in [0.2, 0.25) is 0 Å². The van der Waals surface area contributed by atoms with Crippen molar-refractivity contribution in [2.24, 2.45) is 5.92 Å². The van der Waals surface area contributed by atoms with Gasteiger partial charge < -0.3 is 5.32 Å². The zero-order chi connectivity index (χ0) is 12.6. The summed E-state index contributed by atoms with van der Waals surface area (Å²) in [6, 6.07) is 0.821. The third-order valence-electron chi connectivity index (χ3n) is 4.77. The fourth-order valence-corrected chi connectivity index (χ4v) is 3.73. The SMILES string of the molecule is CCCN(CC1CCCCCC1)C1CCCNC1. The van der Waals surface area contributed by atoms with E-state index in [1.165, 1.54) is 84.0 Å². The van der Waals surface area contributed by atoms with Gasteiger partial charge in [-0.15, -0.1) is 0 Å². The van der Waals surface area contributed by atoms with Crippen LogP contribution in [0.25, 0.3) is 0 Å². The second-order valence-corrected chi connectivity index (χ2v) is 6.35. The molecule has 1 heterocycles. The second kappa shape index (κ2) is 8.16. The van der Waals surface area contributed by atoms with Crippen LogP contribution < -0.4 is 5.32 Å². The molecule has 2 fully saturated rings. The van der Waals surface area contributed by atoms with Gasteiger partial charge in [0, 0.05) is 19.1 Å². The molecular weight excluding hydrogens is 220 g/mol. The van der Waals surface area contributed by atoms with Crippen LogP contribution >= 0.6 is 0 Å². The minimum atomic E-state index is 0.821. The Kier molecular flexibility index (Phi) is 6.50. The summed E-state index contributed by atoms with van der Waals surface area (Å²) < 4.78 is 0. The first-order chi connectivity index (χ1) is 8.90. The molecule has 2 heteroatoms. The lowest BCUT2D eigenvalue weighted by Gasteiger charge is -2.36. The lowest BCUT2D eigenvalue weighted by Crippen LogP contribution is -2.47. The van der Waals surface area contributed by atoms with Crippen molar-refractivity contribution in [2.45, 2.75) is 70.8 Å². The molecule has 0 aromatic carbocycles. The first-order valence-electron chi connectivity index (χ1n) is 8.35. The molecule has 0 radical (unpaired) electrons. The largest absolute Gasteiger partial charge is 0.315 e. The average molecular weight is 252 g/mol. The van der Waals surface area contributed by atoms with E-state index >= 15 is 0 Å². The highest BCUT2D eigenvalue weighted by molar-refractivity contribution is 4.80. The van der Waals surface area contributed by atoms with Crippen molar-refractivity contribution < 1.29 is 0 Å². The zero-order valence-corrected chi connectivity index (χ0v) is 12.3. The van der Waals surface area contributed by atoms with E-state index in [4.69, 9.17) is 0 Å². The normalized spacial score (nSPS) is 27.3. The highest BCUT2D eigenvalue weighted by Crippen LogP contribution is 2.25. The Hall–Kier alpha value is -0.0800. The van der Waals surface area contributed by atoms with Crippen LogP contribution in [0.3, 0.4) is 0 Å². The number of nitrogens with zero attached hydrogens (tertiary/aromatic N) is 1. The van der Waals surface area contributed by atoms with Gasteiger partial charge in [-0.2, -0.15) is 0 Å². The molecular formula is C16H32N2. The monoisotopic (exact) mass is 252 g/mol. The molecule has 1 saturated heterocycles. The summed E-state index contributed by atoms with van der Waals surface area (Å²) in [5.41, 5.74) is 0. The average Bonchev–Trinajstić information content (AvgIpc) is 2.68. The van der Waals surface area contributed by atoms with Crippen LogP contribution in [0.5, 0.6) is 0 Å². The molecule has 0 spiro atoms. The summed E-state index contributed by atoms with van der Waals surface area (Å²) in [6.45, 7) is 7.48. The maximum atomic E-state index is 3.58. The molecule has 0 aromatic rings. The smallest absolute Gasteiger partial charge is 0.0221 e. The molecule has 0 bridgehead atoms. The summed E-state index contributed by atoms with van der Waals surface area (Å²) in [5.74, 6) is 0.987. The number of nitrogens with one attached hydrogen (secondary N) is 1. The van der Waals surface area contributed by atoms with E-state index in [0.29, 0.717) is 0 Å². The van der Waals surface area contributed by atoms with Gasteiger partial charge in [0.25, 0.3) is 0 Å². The van der Waals surface area contributed by atoms with Crippen LogP contribution in [-0.4, -0.2) is 37.1 Å². The highest BCUT2D eigenvalue weighted by atomic mass is 15.2. The molecule has 2 aliphatic rings. The highest BCUT2D eigenvalue weighted by Gasteiger charge is 2.23. The second-order valence-electron chi connectivity index (χ2n) is 6.35. The van der Waals surface area contributed by atoms with Crippen molar-refractivity contribution in [3.05, 3.63) is 0 Å². The quantitative estimate of drug-likeness (QED) is 0.754. The molecule has 0 amide bonds. The lowest BCUT2D eigenvalue weighted by molar-refractivity contribution is 0.136. The molecule has 1 aliphatic carbocycles. The van der Waals surface area contributed by atoms with Crippen molar-refractivity contribution in [3.8, 4) is 0 Å². The Morgan fingerprint density at radius 2 is 1.78 bits per heavy atom. The molecule has 2 rings (SSSR count). The summed E-state index contributed by atoms with van der Waals surface area (Å²) >= 11 is 0. The minimum Gasteiger partial charge on any atom is -0.315 e.